The summed E-state index contributed by atoms with van der Waals surface area (Å²) in [5, 5.41) is 2.49. The van der Waals surface area contributed by atoms with Crippen LogP contribution in [0.1, 0.15) is 25.0 Å². The molecule has 6 heteroatoms. The standard InChI is InChI=1S/C15H21FN2O3/c1-3-8-18-15(19)21-11(2)13-10-12(16)5-6-14(13)20-9-4-7-17/h3,5-6,10-11H,1,4,7-9,17H2,2H3,(H,18,19). The van der Waals surface area contributed by atoms with E-state index in [2.05, 4.69) is 11.9 Å². The van der Waals surface area contributed by atoms with E-state index in [9.17, 15) is 9.18 Å². The summed E-state index contributed by atoms with van der Waals surface area (Å²) in [7, 11) is 0. The first-order valence-corrected chi connectivity index (χ1v) is 6.76. The number of nitrogens with one attached hydrogen (secondary N) is 1. The summed E-state index contributed by atoms with van der Waals surface area (Å²) in [5.41, 5.74) is 5.87. The summed E-state index contributed by atoms with van der Waals surface area (Å²) in [6.45, 7) is 6.37. The number of carbonyl (C=O) groups excluding carboxylic acids is 1. The summed E-state index contributed by atoms with van der Waals surface area (Å²) >= 11 is 0. The van der Waals surface area contributed by atoms with Gasteiger partial charge in [0.2, 0.25) is 0 Å². The Morgan fingerprint density at radius 1 is 1.57 bits per heavy atom. The van der Waals surface area contributed by atoms with Gasteiger partial charge in [-0.25, -0.2) is 9.18 Å². The minimum atomic E-state index is -0.640. The Bertz CT molecular complexity index is 480. The summed E-state index contributed by atoms with van der Waals surface area (Å²) in [6, 6.07) is 4.11. The van der Waals surface area contributed by atoms with E-state index in [1.165, 1.54) is 24.3 Å². The van der Waals surface area contributed by atoms with Crippen molar-refractivity contribution < 1.29 is 18.7 Å². The van der Waals surface area contributed by atoms with E-state index in [4.69, 9.17) is 15.2 Å². The fraction of sp³-hybridized carbons (Fsp3) is 0.400. The molecule has 0 saturated carbocycles. The number of ether oxygens (including phenoxy) is 2. The normalized spacial score (nSPS) is 11.6. The molecule has 0 bridgehead atoms. The minimum Gasteiger partial charge on any atom is -0.493 e. The van der Waals surface area contributed by atoms with Gasteiger partial charge in [0.1, 0.15) is 17.7 Å². The Labute approximate surface area is 123 Å². The van der Waals surface area contributed by atoms with Crippen LogP contribution in [0.2, 0.25) is 0 Å². The molecule has 0 aromatic heterocycles. The maximum Gasteiger partial charge on any atom is 0.407 e. The Morgan fingerprint density at radius 2 is 2.33 bits per heavy atom. The largest absolute Gasteiger partial charge is 0.493 e. The minimum absolute atomic E-state index is 0.300. The third-order valence-electron chi connectivity index (χ3n) is 2.69. The van der Waals surface area contributed by atoms with E-state index in [0.717, 1.165) is 0 Å². The van der Waals surface area contributed by atoms with Crippen LogP contribution in [0.25, 0.3) is 0 Å². The molecule has 1 unspecified atom stereocenters. The molecule has 21 heavy (non-hydrogen) atoms. The highest BCUT2D eigenvalue weighted by molar-refractivity contribution is 5.67. The van der Waals surface area contributed by atoms with Crippen molar-refractivity contribution in [2.24, 2.45) is 5.73 Å². The van der Waals surface area contributed by atoms with Crippen LogP contribution in [-0.2, 0) is 4.74 Å². The molecular weight excluding hydrogens is 275 g/mol. The van der Waals surface area contributed by atoms with Crippen molar-refractivity contribution in [3.8, 4) is 5.75 Å². The van der Waals surface area contributed by atoms with Gasteiger partial charge in [0.15, 0.2) is 0 Å². The van der Waals surface area contributed by atoms with Crippen LogP contribution in [-0.4, -0.2) is 25.8 Å². The molecule has 1 atom stereocenters. The van der Waals surface area contributed by atoms with Crippen molar-refractivity contribution in [1.82, 2.24) is 5.32 Å². The molecule has 1 aromatic carbocycles. The molecule has 0 aliphatic heterocycles. The molecule has 5 nitrogen and oxygen atoms in total. The second-order valence-corrected chi connectivity index (χ2v) is 4.39. The molecule has 116 valence electrons. The Balaban J connectivity index is 2.75. The van der Waals surface area contributed by atoms with Gasteiger partial charge in [0.05, 0.1) is 6.61 Å². The van der Waals surface area contributed by atoms with E-state index in [1.54, 1.807) is 6.92 Å². The highest BCUT2D eigenvalue weighted by Crippen LogP contribution is 2.28. The summed E-state index contributed by atoms with van der Waals surface area (Å²) < 4.78 is 24.1. The Kier molecular flexibility index (Phi) is 7.25. The quantitative estimate of drug-likeness (QED) is 0.571. The maximum atomic E-state index is 13.4. The summed E-state index contributed by atoms with van der Waals surface area (Å²) in [6.07, 6.45) is 0.986. The van der Waals surface area contributed by atoms with Crippen LogP contribution in [0.4, 0.5) is 9.18 Å². The molecule has 0 aliphatic carbocycles. The predicted molar refractivity (Wildman–Crippen MR) is 78.7 cm³/mol. The van der Waals surface area contributed by atoms with Crippen LogP contribution < -0.4 is 15.8 Å². The molecule has 0 saturated heterocycles. The maximum absolute atomic E-state index is 13.4. The first-order chi connectivity index (χ1) is 10.1. The lowest BCUT2D eigenvalue weighted by molar-refractivity contribution is 0.106. The van der Waals surface area contributed by atoms with E-state index < -0.39 is 18.0 Å². The molecule has 0 aliphatic rings. The van der Waals surface area contributed by atoms with Crippen molar-refractivity contribution in [3.05, 3.63) is 42.2 Å². The Morgan fingerprint density at radius 3 is 3.00 bits per heavy atom. The zero-order valence-corrected chi connectivity index (χ0v) is 12.1. The van der Waals surface area contributed by atoms with E-state index in [1.807, 2.05) is 0 Å². The molecule has 1 amide bonds. The second-order valence-electron chi connectivity index (χ2n) is 4.39. The first-order valence-electron chi connectivity index (χ1n) is 6.76. The SMILES string of the molecule is C=CCNC(=O)OC(C)c1cc(F)ccc1OCCCN. The van der Waals surface area contributed by atoms with Gasteiger partial charge in [0, 0.05) is 12.1 Å². The van der Waals surface area contributed by atoms with Gasteiger partial charge >= 0.3 is 6.09 Å². The van der Waals surface area contributed by atoms with E-state index >= 15 is 0 Å². The number of rotatable bonds is 8. The molecule has 1 rings (SSSR count). The van der Waals surface area contributed by atoms with Crippen LogP contribution in [0, 0.1) is 5.82 Å². The van der Waals surface area contributed by atoms with Gasteiger partial charge in [-0.15, -0.1) is 6.58 Å². The van der Waals surface area contributed by atoms with E-state index in [0.29, 0.717) is 37.4 Å². The number of hydrogen-bond donors (Lipinski definition) is 2. The lowest BCUT2D eigenvalue weighted by atomic mass is 10.1. The Hall–Kier alpha value is -2.08. The molecule has 0 spiro atoms. The third kappa shape index (κ3) is 5.83. The van der Waals surface area contributed by atoms with Gasteiger partial charge in [-0.2, -0.15) is 0 Å². The van der Waals surface area contributed by atoms with Crippen molar-refractivity contribution in [1.29, 1.82) is 0 Å². The summed E-state index contributed by atoms with van der Waals surface area (Å²) in [5.74, 6) is 0.0620. The van der Waals surface area contributed by atoms with Crippen molar-refractivity contribution in [2.45, 2.75) is 19.4 Å². The fourth-order valence-electron chi connectivity index (χ4n) is 1.66. The number of benzene rings is 1. The van der Waals surface area contributed by atoms with Crippen molar-refractivity contribution >= 4 is 6.09 Å². The highest BCUT2D eigenvalue weighted by Gasteiger charge is 2.17. The second kappa shape index (κ2) is 8.97. The van der Waals surface area contributed by atoms with Gasteiger partial charge in [-0.05, 0) is 38.1 Å². The zero-order valence-electron chi connectivity index (χ0n) is 12.1. The number of hydrogen-bond acceptors (Lipinski definition) is 4. The lowest BCUT2D eigenvalue weighted by Crippen LogP contribution is -2.25. The number of nitrogens with two attached hydrogens (primary N) is 1. The topological polar surface area (TPSA) is 73.6 Å². The number of carbonyl (C=O) groups is 1. The third-order valence-corrected chi connectivity index (χ3v) is 2.69. The molecule has 0 radical (unpaired) electrons. The van der Waals surface area contributed by atoms with Gasteiger partial charge < -0.3 is 20.5 Å². The number of amides is 1. The van der Waals surface area contributed by atoms with Crippen LogP contribution in [0.5, 0.6) is 5.75 Å². The van der Waals surface area contributed by atoms with E-state index in [-0.39, 0.29) is 0 Å². The average Bonchev–Trinajstić information content (AvgIpc) is 2.46. The smallest absolute Gasteiger partial charge is 0.407 e. The average molecular weight is 296 g/mol. The summed E-state index contributed by atoms with van der Waals surface area (Å²) in [4.78, 5) is 11.5. The monoisotopic (exact) mass is 296 g/mol. The van der Waals surface area contributed by atoms with Crippen molar-refractivity contribution in [2.75, 3.05) is 19.7 Å². The van der Waals surface area contributed by atoms with Crippen LogP contribution >= 0.6 is 0 Å². The molecular formula is C15H21FN2O3. The van der Waals surface area contributed by atoms with Crippen LogP contribution in [0.15, 0.2) is 30.9 Å². The number of alkyl carbamates (subject to hydrolysis) is 1. The lowest BCUT2D eigenvalue weighted by Gasteiger charge is -2.18. The van der Waals surface area contributed by atoms with Crippen LogP contribution in [0.3, 0.4) is 0 Å². The zero-order chi connectivity index (χ0) is 15.7. The van der Waals surface area contributed by atoms with Gasteiger partial charge in [-0.1, -0.05) is 6.08 Å². The molecule has 1 aromatic rings. The molecule has 0 fully saturated rings. The predicted octanol–water partition coefficient (Wildman–Crippen LogP) is 2.53. The van der Waals surface area contributed by atoms with Gasteiger partial charge in [0.25, 0.3) is 0 Å². The molecule has 0 heterocycles. The first kappa shape index (κ1) is 17.0. The van der Waals surface area contributed by atoms with Crippen molar-refractivity contribution in [3.63, 3.8) is 0 Å². The fourth-order valence-corrected chi connectivity index (χ4v) is 1.66. The molecule has 3 N–H and O–H groups in total. The number of halogens is 1. The van der Waals surface area contributed by atoms with Gasteiger partial charge in [-0.3, -0.25) is 0 Å². The highest BCUT2D eigenvalue weighted by atomic mass is 19.1.